The monoisotopic (exact) mass is 363 g/mol. The van der Waals surface area contributed by atoms with Crippen molar-refractivity contribution in [2.24, 2.45) is 5.41 Å². The highest BCUT2D eigenvalue weighted by Gasteiger charge is 2.55. The number of carbonyl (C=O) groups excluding carboxylic acids is 1. The zero-order chi connectivity index (χ0) is 18.9. The van der Waals surface area contributed by atoms with E-state index in [-0.39, 0.29) is 24.2 Å². The smallest absolute Gasteiger partial charge is 0.410 e. The molecule has 1 spiro atoms. The molecule has 1 aromatic rings. The third kappa shape index (κ3) is 3.96. The number of methoxy groups -OCH3 is 1. The molecule has 0 radical (unpaired) electrons. The molecule has 1 aliphatic heterocycles. The van der Waals surface area contributed by atoms with Crippen LogP contribution in [-0.4, -0.2) is 54.6 Å². The summed E-state index contributed by atoms with van der Waals surface area (Å²) in [6.07, 6.45) is 1.26. The number of rotatable bonds is 5. The molecule has 1 atom stereocenters. The predicted molar refractivity (Wildman–Crippen MR) is 97.2 cm³/mol. The fourth-order valence-electron chi connectivity index (χ4n) is 3.86. The zero-order valence-corrected chi connectivity index (χ0v) is 16.0. The van der Waals surface area contributed by atoms with Gasteiger partial charge >= 0.3 is 6.09 Å². The third-order valence-corrected chi connectivity index (χ3v) is 5.03. The molecule has 1 aliphatic carbocycles. The molecule has 0 aromatic heterocycles. The first-order valence-corrected chi connectivity index (χ1v) is 9.12. The Kier molecular flexibility index (Phi) is 5.17. The maximum atomic E-state index is 12.1. The summed E-state index contributed by atoms with van der Waals surface area (Å²) in [5, 5.41) is 9.74. The Bertz CT molecular complexity index is 640. The Morgan fingerprint density at radius 3 is 2.54 bits per heavy atom. The summed E-state index contributed by atoms with van der Waals surface area (Å²) in [7, 11) is 1.62. The lowest BCUT2D eigenvalue weighted by Gasteiger charge is -2.58. The highest BCUT2D eigenvalue weighted by Crippen LogP contribution is 2.51. The summed E-state index contributed by atoms with van der Waals surface area (Å²) in [6, 6.07) is 7.60. The summed E-state index contributed by atoms with van der Waals surface area (Å²) in [6.45, 7) is 6.98. The Morgan fingerprint density at radius 2 is 1.96 bits per heavy atom. The average Bonchev–Trinajstić information content (AvgIpc) is 2.50. The molecular formula is C20H29NO5. The lowest BCUT2D eigenvalue weighted by molar-refractivity contribution is -0.171. The fraction of sp³-hybridized carbons (Fsp3) is 0.650. The van der Waals surface area contributed by atoms with Crippen molar-refractivity contribution in [1.29, 1.82) is 0 Å². The molecule has 1 N–H and O–H groups in total. The van der Waals surface area contributed by atoms with Crippen LogP contribution in [-0.2, 0) is 9.47 Å². The van der Waals surface area contributed by atoms with Gasteiger partial charge in [-0.25, -0.2) is 4.79 Å². The molecule has 1 aromatic carbocycles. The van der Waals surface area contributed by atoms with Crippen LogP contribution < -0.4 is 4.74 Å². The van der Waals surface area contributed by atoms with Crippen LogP contribution in [0, 0.1) is 5.41 Å². The minimum Gasteiger partial charge on any atom is -0.496 e. The number of carbonyl (C=O) groups is 1. The van der Waals surface area contributed by atoms with E-state index in [1.807, 2.05) is 45.0 Å². The average molecular weight is 363 g/mol. The predicted octanol–water partition coefficient (Wildman–Crippen LogP) is 3.14. The standard InChI is InChI=1S/C20H29NO5/c1-19(2,3)26-18(23)21-12-20(13-21)9-14(10-20)25-17(11-22)15-7-5-6-8-16(15)24-4/h5-8,14,17,22H,9-13H2,1-4H3. The van der Waals surface area contributed by atoms with Crippen LogP contribution in [0.25, 0.3) is 0 Å². The molecule has 1 amide bonds. The summed E-state index contributed by atoms with van der Waals surface area (Å²) >= 11 is 0. The van der Waals surface area contributed by atoms with E-state index in [0.717, 1.165) is 37.2 Å². The van der Waals surface area contributed by atoms with E-state index in [9.17, 15) is 9.90 Å². The van der Waals surface area contributed by atoms with Crippen molar-refractivity contribution in [3.05, 3.63) is 29.8 Å². The molecule has 6 nitrogen and oxygen atoms in total. The molecule has 0 bridgehead atoms. The summed E-state index contributed by atoms with van der Waals surface area (Å²) in [5.74, 6) is 0.723. The summed E-state index contributed by atoms with van der Waals surface area (Å²) < 4.78 is 16.9. The van der Waals surface area contributed by atoms with Crippen LogP contribution in [0.5, 0.6) is 5.75 Å². The summed E-state index contributed by atoms with van der Waals surface area (Å²) in [5.41, 5.74) is 0.554. The third-order valence-electron chi connectivity index (χ3n) is 5.03. The number of likely N-dealkylation sites (tertiary alicyclic amines) is 1. The zero-order valence-electron chi connectivity index (χ0n) is 16.0. The number of aliphatic hydroxyl groups excluding tert-OH is 1. The normalized spacial score (nSPS) is 20.3. The molecule has 1 saturated heterocycles. The number of benzene rings is 1. The van der Waals surface area contributed by atoms with Crippen molar-refractivity contribution in [1.82, 2.24) is 4.90 Å². The number of hydrogen-bond donors (Lipinski definition) is 1. The van der Waals surface area contributed by atoms with Crippen molar-refractivity contribution in [2.45, 2.75) is 51.4 Å². The topological polar surface area (TPSA) is 68.2 Å². The van der Waals surface area contributed by atoms with Gasteiger partial charge in [-0.1, -0.05) is 18.2 Å². The van der Waals surface area contributed by atoms with Gasteiger partial charge in [0.25, 0.3) is 0 Å². The second-order valence-corrected chi connectivity index (χ2v) is 8.42. The molecule has 2 fully saturated rings. The van der Waals surface area contributed by atoms with Crippen LogP contribution in [0.15, 0.2) is 24.3 Å². The van der Waals surface area contributed by atoms with E-state index in [4.69, 9.17) is 14.2 Å². The number of amides is 1. The molecule has 144 valence electrons. The fourth-order valence-corrected chi connectivity index (χ4v) is 3.86. The Morgan fingerprint density at radius 1 is 1.31 bits per heavy atom. The van der Waals surface area contributed by atoms with Crippen molar-refractivity contribution in [3.63, 3.8) is 0 Å². The Hall–Kier alpha value is -1.79. The molecule has 3 rings (SSSR count). The minimum absolute atomic E-state index is 0.0894. The first-order chi connectivity index (χ1) is 12.3. The molecule has 1 heterocycles. The van der Waals surface area contributed by atoms with E-state index >= 15 is 0 Å². The van der Waals surface area contributed by atoms with Crippen molar-refractivity contribution in [2.75, 3.05) is 26.8 Å². The molecule has 2 aliphatic rings. The number of para-hydroxylation sites is 1. The van der Waals surface area contributed by atoms with Crippen molar-refractivity contribution >= 4 is 6.09 Å². The SMILES string of the molecule is COc1ccccc1C(CO)OC1CC2(C1)CN(C(=O)OC(C)(C)C)C2. The first kappa shape index (κ1) is 19.0. The first-order valence-electron chi connectivity index (χ1n) is 9.12. The van der Waals surface area contributed by atoms with Crippen molar-refractivity contribution in [3.8, 4) is 5.75 Å². The Balaban J connectivity index is 1.49. The van der Waals surface area contributed by atoms with E-state index in [1.54, 1.807) is 12.0 Å². The van der Waals surface area contributed by atoms with Gasteiger partial charge in [0.15, 0.2) is 0 Å². The van der Waals surface area contributed by atoms with Crippen LogP contribution in [0.3, 0.4) is 0 Å². The molecule has 1 saturated carbocycles. The van der Waals surface area contributed by atoms with Gasteiger partial charge in [0, 0.05) is 24.1 Å². The van der Waals surface area contributed by atoms with Gasteiger partial charge in [0.2, 0.25) is 0 Å². The van der Waals surface area contributed by atoms with E-state index < -0.39 is 11.7 Å². The van der Waals surface area contributed by atoms with E-state index in [1.165, 1.54) is 0 Å². The second-order valence-electron chi connectivity index (χ2n) is 8.42. The molecular weight excluding hydrogens is 334 g/mol. The van der Waals surface area contributed by atoms with Gasteiger partial charge in [0.05, 0.1) is 19.8 Å². The lowest BCUT2D eigenvalue weighted by atomic mass is 9.62. The molecule has 6 heteroatoms. The molecule has 26 heavy (non-hydrogen) atoms. The largest absolute Gasteiger partial charge is 0.496 e. The van der Waals surface area contributed by atoms with Gasteiger partial charge in [-0.3, -0.25) is 0 Å². The Labute approximate surface area is 155 Å². The van der Waals surface area contributed by atoms with Gasteiger partial charge in [-0.2, -0.15) is 0 Å². The van der Waals surface area contributed by atoms with Gasteiger partial charge in [-0.05, 0) is 39.7 Å². The number of hydrogen-bond acceptors (Lipinski definition) is 5. The number of ether oxygens (including phenoxy) is 3. The quantitative estimate of drug-likeness (QED) is 0.870. The van der Waals surface area contributed by atoms with Gasteiger partial charge in [-0.15, -0.1) is 0 Å². The lowest BCUT2D eigenvalue weighted by Crippen LogP contribution is -2.65. The summed E-state index contributed by atoms with van der Waals surface area (Å²) in [4.78, 5) is 13.8. The van der Waals surface area contributed by atoms with Gasteiger partial charge < -0.3 is 24.2 Å². The molecule has 1 unspecified atom stereocenters. The van der Waals surface area contributed by atoms with Crippen LogP contribution in [0.4, 0.5) is 4.79 Å². The number of aliphatic hydroxyl groups is 1. The van der Waals surface area contributed by atoms with Crippen LogP contribution in [0.1, 0.15) is 45.3 Å². The van der Waals surface area contributed by atoms with Crippen LogP contribution >= 0.6 is 0 Å². The van der Waals surface area contributed by atoms with E-state index in [2.05, 4.69) is 0 Å². The number of nitrogens with zero attached hydrogens (tertiary/aromatic N) is 1. The van der Waals surface area contributed by atoms with Gasteiger partial charge in [0.1, 0.15) is 17.5 Å². The van der Waals surface area contributed by atoms with E-state index in [0.29, 0.717) is 0 Å². The second kappa shape index (κ2) is 7.08. The van der Waals surface area contributed by atoms with Crippen molar-refractivity contribution < 1.29 is 24.1 Å². The highest BCUT2D eigenvalue weighted by atomic mass is 16.6. The van der Waals surface area contributed by atoms with Crippen LogP contribution in [0.2, 0.25) is 0 Å². The maximum absolute atomic E-state index is 12.1. The maximum Gasteiger partial charge on any atom is 0.410 e. The minimum atomic E-state index is -0.464. The highest BCUT2D eigenvalue weighted by molar-refractivity contribution is 5.69.